The molecule has 5 atom stereocenters. The Morgan fingerprint density at radius 2 is 1.32 bits per heavy atom. The first kappa shape index (κ1) is 19.6. The van der Waals surface area contributed by atoms with Crippen LogP contribution >= 0.6 is 0 Å². The van der Waals surface area contributed by atoms with Crippen molar-refractivity contribution >= 4 is 0 Å². The second-order valence-electron chi connectivity index (χ2n) is 7.83. The van der Waals surface area contributed by atoms with E-state index >= 15 is 0 Å². The van der Waals surface area contributed by atoms with Gasteiger partial charge in [0.15, 0.2) is 12.1 Å². The number of rotatable bonds is 6. The summed E-state index contributed by atoms with van der Waals surface area (Å²) in [6.07, 6.45) is -1.52. The topological polar surface area (TPSA) is 46.2 Å². The van der Waals surface area contributed by atoms with Gasteiger partial charge in [-0.05, 0) is 31.9 Å². The van der Waals surface area contributed by atoms with Gasteiger partial charge in [-0.1, -0.05) is 60.7 Å². The van der Waals surface area contributed by atoms with Crippen LogP contribution in [-0.4, -0.2) is 36.5 Å². The van der Waals surface area contributed by atoms with Crippen LogP contribution in [0.1, 0.15) is 31.9 Å². The van der Waals surface area contributed by atoms with E-state index in [1.165, 1.54) is 0 Å². The van der Waals surface area contributed by atoms with E-state index in [0.717, 1.165) is 11.1 Å². The Balaban J connectivity index is 1.51. The zero-order valence-corrected chi connectivity index (χ0v) is 16.6. The summed E-state index contributed by atoms with van der Waals surface area (Å²) in [5.74, 6) is -0.711. The molecule has 0 amide bonds. The van der Waals surface area contributed by atoms with Crippen molar-refractivity contribution in [3.63, 3.8) is 0 Å². The minimum Gasteiger partial charge on any atom is -0.368 e. The molecular formula is C23H28O5. The zero-order valence-electron chi connectivity index (χ0n) is 16.6. The molecule has 0 aromatic heterocycles. The smallest absolute Gasteiger partial charge is 0.190 e. The molecule has 4 rings (SSSR count). The highest BCUT2D eigenvalue weighted by Gasteiger charge is 2.54. The van der Waals surface area contributed by atoms with Crippen LogP contribution in [0.2, 0.25) is 0 Å². The number of fused-ring (bicyclic) bond motifs is 1. The van der Waals surface area contributed by atoms with Crippen LogP contribution in [-0.2, 0) is 36.9 Å². The van der Waals surface area contributed by atoms with E-state index in [9.17, 15) is 0 Å². The third-order valence-corrected chi connectivity index (χ3v) is 5.12. The molecule has 0 bridgehead atoms. The summed E-state index contributed by atoms with van der Waals surface area (Å²) in [7, 11) is 0. The largest absolute Gasteiger partial charge is 0.368 e. The van der Waals surface area contributed by atoms with Crippen LogP contribution in [0.4, 0.5) is 0 Å². The van der Waals surface area contributed by atoms with E-state index in [1.807, 2.05) is 57.2 Å². The second-order valence-corrected chi connectivity index (χ2v) is 7.83. The van der Waals surface area contributed by atoms with Crippen molar-refractivity contribution in [2.75, 3.05) is 0 Å². The molecule has 150 valence electrons. The van der Waals surface area contributed by atoms with E-state index < -0.39 is 12.1 Å². The molecule has 2 unspecified atom stereocenters. The summed E-state index contributed by atoms with van der Waals surface area (Å²) in [4.78, 5) is 0. The average molecular weight is 384 g/mol. The summed E-state index contributed by atoms with van der Waals surface area (Å²) in [6, 6.07) is 20.2. The molecule has 28 heavy (non-hydrogen) atoms. The lowest BCUT2D eigenvalue weighted by Gasteiger charge is -2.41. The van der Waals surface area contributed by atoms with Crippen molar-refractivity contribution in [3.05, 3.63) is 71.8 Å². The minimum atomic E-state index is -0.711. The predicted molar refractivity (Wildman–Crippen MR) is 104 cm³/mol. The molecule has 0 aliphatic carbocycles. The Hall–Kier alpha value is -1.76. The molecule has 2 aromatic rings. The lowest BCUT2D eigenvalue weighted by atomic mass is 9.99. The monoisotopic (exact) mass is 384 g/mol. The first-order valence-electron chi connectivity index (χ1n) is 9.84. The van der Waals surface area contributed by atoms with Gasteiger partial charge in [0.05, 0.1) is 19.3 Å². The minimum absolute atomic E-state index is 0.178. The van der Waals surface area contributed by atoms with Gasteiger partial charge in [-0.25, -0.2) is 0 Å². The van der Waals surface area contributed by atoms with Crippen LogP contribution in [0.3, 0.4) is 0 Å². The highest BCUT2D eigenvalue weighted by atomic mass is 16.8. The molecule has 0 N–H and O–H groups in total. The van der Waals surface area contributed by atoms with Gasteiger partial charge in [-0.2, -0.15) is 0 Å². The normalized spacial score (nSPS) is 31.5. The van der Waals surface area contributed by atoms with Crippen molar-refractivity contribution in [1.29, 1.82) is 0 Å². The highest BCUT2D eigenvalue weighted by molar-refractivity contribution is 5.14. The van der Waals surface area contributed by atoms with Gasteiger partial charge in [0.2, 0.25) is 0 Å². The predicted octanol–water partition coefficient (Wildman–Crippen LogP) is 4.05. The van der Waals surface area contributed by atoms with Crippen molar-refractivity contribution in [2.24, 2.45) is 0 Å². The number of ether oxygens (including phenoxy) is 5. The van der Waals surface area contributed by atoms with Crippen molar-refractivity contribution in [1.82, 2.24) is 0 Å². The molecule has 2 aliphatic heterocycles. The van der Waals surface area contributed by atoms with Gasteiger partial charge in [-0.15, -0.1) is 0 Å². The molecule has 5 heteroatoms. The third-order valence-electron chi connectivity index (χ3n) is 5.12. The van der Waals surface area contributed by atoms with Crippen LogP contribution in [0.25, 0.3) is 0 Å². The Kier molecular flexibility index (Phi) is 5.80. The highest BCUT2D eigenvalue weighted by Crippen LogP contribution is 2.38. The number of hydrogen-bond acceptors (Lipinski definition) is 5. The summed E-state index contributed by atoms with van der Waals surface area (Å²) < 4.78 is 30.8. The van der Waals surface area contributed by atoms with Gasteiger partial charge in [0.25, 0.3) is 0 Å². The summed E-state index contributed by atoms with van der Waals surface area (Å²) >= 11 is 0. The lowest BCUT2D eigenvalue weighted by molar-refractivity contribution is -0.266. The van der Waals surface area contributed by atoms with Crippen LogP contribution < -0.4 is 0 Å². The Bertz CT molecular complexity index is 748. The number of benzene rings is 2. The molecule has 0 saturated carbocycles. The summed E-state index contributed by atoms with van der Waals surface area (Å²) in [5.41, 5.74) is 2.22. The molecule has 2 heterocycles. The Morgan fingerprint density at radius 3 is 1.89 bits per heavy atom. The number of hydrogen-bond donors (Lipinski definition) is 0. The first-order chi connectivity index (χ1) is 13.5. The van der Waals surface area contributed by atoms with E-state index in [-0.39, 0.29) is 24.4 Å². The van der Waals surface area contributed by atoms with E-state index in [4.69, 9.17) is 23.7 Å². The Morgan fingerprint density at radius 1 is 0.786 bits per heavy atom. The van der Waals surface area contributed by atoms with E-state index in [2.05, 4.69) is 24.3 Å². The van der Waals surface area contributed by atoms with Gasteiger partial charge >= 0.3 is 0 Å². The van der Waals surface area contributed by atoms with Crippen LogP contribution in [0.5, 0.6) is 0 Å². The molecular weight excluding hydrogens is 356 g/mol. The van der Waals surface area contributed by atoms with Crippen molar-refractivity contribution in [3.8, 4) is 0 Å². The van der Waals surface area contributed by atoms with Crippen molar-refractivity contribution < 1.29 is 23.7 Å². The van der Waals surface area contributed by atoms with Gasteiger partial charge in [-0.3, -0.25) is 0 Å². The fraction of sp³-hybridized carbons (Fsp3) is 0.478. The molecule has 2 aromatic carbocycles. The van der Waals surface area contributed by atoms with Crippen molar-refractivity contribution in [2.45, 2.75) is 70.5 Å². The molecule has 2 fully saturated rings. The molecule has 2 saturated heterocycles. The fourth-order valence-corrected chi connectivity index (χ4v) is 3.78. The fourth-order valence-electron chi connectivity index (χ4n) is 3.78. The SMILES string of the molecule is CC1O[C@@H]2OC(C)(C)OC2[C@@H](OCc2ccccc2)[C@@H]1OCc1ccccc1. The standard InChI is InChI=1S/C23H28O5/c1-16-19(24-14-17-10-6-4-7-11-17)20(25-15-18-12-8-5-9-13-18)21-22(26-16)28-23(2,3)27-21/h4-13,16,19-22H,14-15H2,1-3H3/t16?,19-,20+,21?,22-/m1/s1. The van der Waals surface area contributed by atoms with E-state index in [0.29, 0.717) is 13.2 Å². The summed E-state index contributed by atoms with van der Waals surface area (Å²) in [6.45, 7) is 6.77. The summed E-state index contributed by atoms with van der Waals surface area (Å²) in [5, 5.41) is 0. The maximum absolute atomic E-state index is 6.34. The van der Waals surface area contributed by atoms with Gasteiger partial charge < -0.3 is 23.7 Å². The first-order valence-corrected chi connectivity index (χ1v) is 9.84. The lowest BCUT2D eigenvalue weighted by Crippen LogP contribution is -2.57. The van der Waals surface area contributed by atoms with Gasteiger partial charge in [0, 0.05) is 0 Å². The zero-order chi connectivity index (χ0) is 19.6. The molecule has 2 aliphatic rings. The maximum Gasteiger partial charge on any atom is 0.190 e. The van der Waals surface area contributed by atoms with E-state index in [1.54, 1.807) is 0 Å². The maximum atomic E-state index is 6.34. The van der Waals surface area contributed by atoms with Crippen LogP contribution in [0.15, 0.2) is 60.7 Å². The third kappa shape index (κ3) is 4.45. The average Bonchev–Trinajstić information content (AvgIpc) is 3.00. The second kappa shape index (κ2) is 8.31. The molecule has 0 radical (unpaired) electrons. The molecule has 0 spiro atoms. The van der Waals surface area contributed by atoms with Crippen LogP contribution in [0, 0.1) is 0 Å². The molecule has 5 nitrogen and oxygen atoms in total. The quantitative estimate of drug-likeness (QED) is 0.752. The Labute approximate surface area is 166 Å². The van der Waals surface area contributed by atoms with Gasteiger partial charge in [0.1, 0.15) is 18.3 Å².